The van der Waals surface area contributed by atoms with Gasteiger partial charge in [0.25, 0.3) is 0 Å². The van der Waals surface area contributed by atoms with Crippen LogP contribution in [0, 0.1) is 3.82 Å². The molecule has 0 saturated carbocycles. The lowest BCUT2D eigenvalue weighted by Gasteiger charge is -2.44. The Balaban J connectivity index is 1.90. The van der Waals surface area contributed by atoms with Crippen LogP contribution >= 0.6 is 32.9 Å². The van der Waals surface area contributed by atoms with E-state index in [1.807, 2.05) is 60.4 Å². The van der Waals surface area contributed by atoms with E-state index in [1.54, 1.807) is 20.7 Å². The van der Waals surface area contributed by atoms with Crippen LogP contribution in [0.15, 0.2) is 48.5 Å². The van der Waals surface area contributed by atoms with Gasteiger partial charge in [-0.3, -0.25) is 4.79 Å². The minimum absolute atomic E-state index is 0.120. The van der Waals surface area contributed by atoms with Gasteiger partial charge in [-0.2, -0.15) is 0 Å². The summed E-state index contributed by atoms with van der Waals surface area (Å²) in [7, 11) is 3.29. The second kappa shape index (κ2) is 8.25. The smallest absolute Gasteiger partial charge is 0.235 e. The molecule has 1 aliphatic rings. The third kappa shape index (κ3) is 3.41. The number of fused-ring (bicyclic) bond motifs is 3. The average Bonchev–Trinajstić information content (AvgIpc) is 3.13. The van der Waals surface area contributed by atoms with Crippen molar-refractivity contribution in [3.8, 4) is 16.9 Å². The molecule has 0 N–H and O–H groups in total. The van der Waals surface area contributed by atoms with Crippen LogP contribution in [0.2, 0.25) is 0 Å². The Morgan fingerprint density at radius 2 is 1.87 bits per heavy atom. The van der Waals surface area contributed by atoms with Crippen LogP contribution in [-0.2, 0) is 10.3 Å². The SMILES string of the molecule is CCOc1ccc2c(c1)-c1c(ssc1=S)C(C)(C)N2C(=O)C(CC)c1ccccc1. The molecule has 4 rings (SSSR count). The first-order valence-corrected chi connectivity index (χ1v) is 12.8. The van der Waals surface area contributed by atoms with Crippen molar-refractivity contribution >= 4 is 44.5 Å². The van der Waals surface area contributed by atoms with Crippen molar-refractivity contribution in [2.75, 3.05) is 11.5 Å². The normalized spacial score (nSPS) is 15.3. The van der Waals surface area contributed by atoms with Gasteiger partial charge in [0, 0.05) is 11.1 Å². The van der Waals surface area contributed by atoms with Crippen molar-refractivity contribution in [3.05, 3.63) is 62.8 Å². The van der Waals surface area contributed by atoms with Crippen molar-refractivity contribution in [1.82, 2.24) is 0 Å². The molecule has 6 heteroatoms. The van der Waals surface area contributed by atoms with E-state index in [9.17, 15) is 4.79 Å². The summed E-state index contributed by atoms with van der Waals surface area (Å²) in [5.74, 6) is 0.724. The molecule has 0 fully saturated rings. The molecule has 2 aromatic carbocycles. The van der Waals surface area contributed by atoms with Gasteiger partial charge in [0.15, 0.2) is 0 Å². The first kappa shape index (κ1) is 21.2. The van der Waals surface area contributed by atoms with E-state index in [2.05, 4.69) is 20.8 Å². The fraction of sp³-hybridized carbons (Fsp3) is 0.333. The minimum Gasteiger partial charge on any atom is -0.494 e. The predicted molar refractivity (Wildman–Crippen MR) is 130 cm³/mol. The van der Waals surface area contributed by atoms with Gasteiger partial charge in [0.1, 0.15) is 9.57 Å². The maximum Gasteiger partial charge on any atom is 0.235 e. The highest BCUT2D eigenvalue weighted by Crippen LogP contribution is 2.53. The molecule has 3 nitrogen and oxygen atoms in total. The fourth-order valence-corrected chi connectivity index (χ4v) is 7.53. The molecule has 0 spiro atoms. The number of ether oxygens (including phenoxy) is 1. The van der Waals surface area contributed by atoms with Gasteiger partial charge in [-0.1, -0.05) is 70.2 Å². The summed E-state index contributed by atoms with van der Waals surface area (Å²) < 4.78 is 6.63. The predicted octanol–water partition coefficient (Wildman–Crippen LogP) is 7.38. The van der Waals surface area contributed by atoms with Gasteiger partial charge in [0.05, 0.1) is 28.6 Å². The van der Waals surface area contributed by atoms with E-state index in [0.717, 1.165) is 43.2 Å². The number of rotatable bonds is 5. The zero-order valence-corrected chi connectivity index (χ0v) is 20.0. The number of nitrogens with zero attached hydrogens (tertiary/aromatic N) is 1. The molecular formula is C24H25NO2S3. The highest BCUT2D eigenvalue weighted by Gasteiger charge is 2.44. The summed E-state index contributed by atoms with van der Waals surface area (Å²) in [5, 5.41) is 0. The van der Waals surface area contributed by atoms with Gasteiger partial charge < -0.3 is 9.64 Å². The molecule has 1 amide bonds. The standard InChI is InChI=1S/C24H25NO2S3/c1-5-17(15-10-8-7-9-11-15)22(26)25-19-13-12-16(27-6-2)14-18(19)20-21(24(25,3)4)29-30-23(20)28/h7-14,17H,5-6H2,1-4H3. The Bertz CT molecular complexity index is 1130. The molecule has 0 radical (unpaired) electrons. The van der Waals surface area contributed by atoms with Crippen LogP contribution in [0.3, 0.4) is 0 Å². The highest BCUT2D eigenvalue weighted by atomic mass is 32.9. The third-order valence-corrected chi connectivity index (χ3v) is 8.99. The maximum atomic E-state index is 14.0. The number of anilines is 1. The molecule has 0 bridgehead atoms. The molecule has 0 saturated heterocycles. The number of amides is 1. The van der Waals surface area contributed by atoms with Gasteiger partial charge in [-0.05, 0) is 51.0 Å². The monoisotopic (exact) mass is 455 g/mol. The molecule has 1 unspecified atom stereocenters. The Morgan fingerprint density at radius 3 is 2.53 bits per heavy atom. The molecule has 2 heterocycles. The van der Waals surface area contributed by atoms with Crippen LogP contribution in [-0.4, -0.2) is 12.5 Å². The van der Waals surface area contributed by atoms with Crippen molar-refractivity contribution in [2.24, 2.45) is 0 Å². The molecule has 0 aliphatic carbocycles. The van der Waals surface area contributed by atoms with E-state index in [0.29, 0.717) is 6.61 Å². The first-order valence-electron chi connectivity index (χ1n) is 10.2. The zero-order chi connectivity index (χ0) is 21.5. The molecule has 30 heavy (non-hydrogen) atoms. The summed E-state index contributed by atoms with van der Waals surface area (Å²) in [6.07, 6.45) is 0.744. The van der Waals surface area contributed by atoms with Gasteiger partial charge in [0.2, 0.25) is 5.91 Å². The summed E-state index contributed by atoms with van der Waals surface area (Å²) in [5.41, 5.74) is 3.56. The Morgan fingerprint density at radius 1 is 1.13 bits per heavy atom. The summed E-state index contributed by atoms with van der Waals surface area (Å²) in [6.45, 7) is 8.89. The van der Waals surface area contributed by atoms with Crippen LogP contribution < -0.4 is 9.64 Å². The largest absolute Gasteiger partial charge is 0.494 e. The lowest BCUT2D eigenvalue weighted by atomic mass is 9.84. The van der Waals surface area contributed by atoms with E-state index >= 15 is 0 Å². The Hall–Kier alpha value is -2.02. The van der Waals surface area contributed by atoms with Crippen LogP contribution in [0.25, 0.3) is 11.1 Å². The topological polar surface area (TPSA) is 29.5 Å². The Kier molecular flexibility index (Phi) is 5.84. The molecule has 1 aliphatic heterocycles. The highest BCUT2D eigenvalue weighted by molar-refractivity contribution is 7.80. The second-order valence-corrected chi connectivity index (χ2v) is 10.7. The second-order valence-electron chi connectivity index (χ2n) is 7.87. The number of carbonyl (C=O) groups is 1. The van der Waals surface area contributed by atoms with E-state index < -0.39 is 5.54 Å². The van der Waals surface area contributed by atoms with Crippen molar-refractivity contribution in [1.29, 1.82) is 0 Å². The molecule has 3 aromatic rings. The fourth-order valence-electron chi connectivity index (χ4n) is 4.25. The minimum atomic E-state index is -0.479. The van der Waals surface area contributed by atoms with E-state index in [-0.39, 0.29) is 11.8 Å². The first-order chi connectivity index (χ1) is 14.4. The van der Waals surface area contributed by atoms with Crippen molar-refractivity contribution in [3.63, 3.8) is 0 Å². The molecule has 1 atom stereocenters. The zero-order valence-electron chi connectivity index (χ0n) is 17.6. The number of hydrogen-bond donors (Lipinski definition) is 0. The van der Waals surface area contributed by atoms with Gasteiger partial charge >= 0.3 is 0 Å². The molecule has 1 aromatic heterocycles. The average molecular weight is 456 g/mol. The molecular weight excluding hydrogens is 430 g/mol. The quantitative estimate of drug-likeness (QED) is 0.297. The summed E-state index contributed by atoms with van der Waals surface area (Å²) >= 11 is 5.70. The Labute approximate surface area is 190 Å². The molecule has 156 valence electrons. The number of hydrogen-bond acceptors (Lipinski definition) is 5. The van der Waals surface area contributed by atoms with Crippen molar-refractivity contribution < 1.29 is 9.53 Å². The number of carbonyl (C=O) groups excluding carboxylic acids is 1. The van der Waals surface area contributed by atoms with E-state index in [4.69, 9.17) is 17.0 Å². The number of benzene rings is 2. The van der Waals surface area contributed by atoms with Gasteiger partial charge in [-0.25, -0.2) is 0 Å². The van der Waals surface area contributed by atoms with Crippen molar-refractivity contribution in [2.45, 2.75) is 45.6 Å². The van der Waals surface area contributed by atoms with Crippen LogP contribution in [0.1, 0.15) is 50.5 Å². The third-order valence-electron chi connectivity index (χ3n) is 5.66. The lowest BCUT2D eigenvalue weighted by molar-refractivity contribution is -0.121. The summed E-state index contributed by atoms with van der Waals surface area (Å²) in [6, 6.07) is 16.1. The lowest BCUT2D eigenvalue weighted by Crippen LogP contribution is -2.49. The van der Waals surface area contributed by atoms with Crippen LogP contribution in [0.4, 0.5) is 5.69 Å². The van der Waals surface area contributed by atoms with E-state index in [1.165, 1.54) is 0 Å². The van der Waals surface area contributed by atoms with Crippen LogP contribution in [0.5, 0.6) is 5.75 Å². The summed E-state index contributed by atoms with van der Waals surface area (Å²) in [4.78, 5) is 17.1. The van der Waals surface area contributed by atoms with Gasteiger partial charge in [-0.15, -0.1) is 0 Å². The maximum absolute atomic E-state index is 14.0.